The first kappa shape index (κ1) is 23.7. The third-order valence-corrected chi connectivity index (χ3v) is 5.07. The fourth-order valence-corrected chi connectivity index (χ4v) is 3.28. The maximum atomic E-state index is 12.4. The lowest BCUT2D eigenvalue weighted by Gasteiger charge is -2.14. The standard InChI is InChI=1S/C22H23N5O5S/c1-12(2)11-32-16-8-13(3)4-6-15(16)25-21(31)27-22-24-10-17(33-22)19(28)26-18-7-5-14(9-23-18)20(29)30/h4-10,12H,11H2,1-3H3,(H,29,30)(H,23,26,28)(H2,24,25,27,31). The van der Waals surface area contributed by atoms with Crippen LogP contribution in [0.4, 0.5) is 21.4 Å². The molecule has 0 saturated carbocycles. The highest BCUT2D eigenvalue weighted by molar-refractivity contribution is 7.17. The highest BCUT2D eigenvalue weighted by Crippen LogP contribution is 2.27. The van der Waals surface area contributed by atoms with Gasteiger partial charge in [0, 0.05) is 6.20 Å². The topological polar surface area (TPSA) is 143 Å². The van der Waals surface area contributed by atoms with Gasteiger partial charge in [0.2, 0.25) is 0 Å². The Labute approximate surface area is 194 Å². The Hall–Kier alpha value is -3.99. The molecule has 0 aliphatic rings. The van der Waals surface area contributed by atoms with E-state index in [1.54, 1.807) is 6.07 Å². The number of hydrogen-bond acceptors (Lipinski definition) is 7. The molecule has 172 valence electrons. The van der Waals surface area contributed by atoms with E-state index in [-0.39, 0.29) is 21.4 Å². The van der Waals surface area contributed by atoms with Crippen LogP contribution in [0.3, 0.4) is 0 Å². The smallest absolute Gasteiger partial charge is 0.337 e. The molecule has 0 atom stereocenters. The molecule has 2 aromatic heterocycles. The molecule has 0 bridgehead atoms. The van der Waals surface area contributed by atoms with E-state index in [4.69, 9.17) is 9.84 Å². The number of thiazole rings is 1. The molecule has 0 aliphatic heterocycles. The molecular weight excluding hydrogens is 446 g/mol. The fourth-order valence-electron chi connectivity index (χ4n) is 2.57. The second-order valence-corrected chi connectivity index (χ2v) is 8.54. The average molecular weight is 470 g/mol. The van der Waals surface area contributed by atoms with Gasteiger partial charge in [0.05, 0.1) is 24.1 Å². The zero-order chi connectivity index (χ0) is 24.0. The number of aryl methyl sites for hydroxylation is 1. The van der Waals surface area contributed by atoms with Gasteiger partial charge in [0.15, 0.2) is 5.13 Å². The number of anilines is 3. The summed E-state index contributed by atoms with van der Waals surface area (Å²) in [6, 6.07) is 7.66. The highest BCUT2D eigenvalue weighted by atomic mass is 32.1. The molecule has 0 aliphatic carbocycles. The van der Waals surface area contributed by atoms with Crippen LogP contribution in [0.25, 0.3) is 0 Å². The second-order valence-electron chi connectivity index (χ2n) is 7.50. The van der Waals surface area contributed by atoms with Crippen LogP contribution < -0.4 is 20.7 Å². The van der Waals surface area contributed by atoms with E-state index < -0.39 is 17.9 Å². The number of pyridine rings is 1. The molecule has 3 aromatic rings. The predicted octanol–water partition coefficient (Wildman–Crippen LogP) is 4.48. The summed E-state index contributed by atoms with van der Waals surface area (Å²) in [5, 5.41) is 17.0. The fraction of sp³-hybridized carbons (Fsp3) is 0.227. The molecule has 11 heteroatoms. The molecule has 0 unspecified atom stereocenters. The lowest BCUT2D eigenvalue weighted by molar-refractivity contribution is 0.0696. The van der Waals surface area contributed by atoms with Gasteiger partial charge in [-0.2, -0.15) is 0 Å². The maximum absolute atomic E-state index is 12.4. The molecule has 0 spiro atoms. The van der Waals surface area contributed by atoms with Crippen LogP contribution in [-0.4, -0.2) is 39.6 Å². The van der Waals surface area contributed by atoms with Gasteiger partial charge in [-0.1, -0.05) is 31.3 Å². The van der Waals surface area contributed by atoms with E-state index in [1.165, 1.54) is 18.3 Å². The number of benzene rings is 1. The van der Waals surface area contributed by atoms with Crippen molar-refractivity contribution in [3.8, 4) is 5.75 Å². The van der Waals surface area contributed by atoms with Crippen LogP contribution in [-0.2, 0) is 0 Å². The van der Waals surface area contributed by atoms with Crippen molar-refractivity contribution < 1.29 is 24.2 Å². The number of urea groups is 1. The minimum Gasteiger partial charge on any atom is -0.491 e. The molecule has 0 saturated heterocycles. The van der Waals surface area contributed by atoms with Crippen molar-refractivity contribution in [3.63, 3.8) is 0 Å². The van der Waals surface area contributed by atoms with Gasteiger partial charge in [-0.15, -0.1) is 0 Å². The first-order valence-corrected chi connectivity index (χ1v) is 10.8. The van der Waals surface area contributed by atoms with Crippen molar-refractivity contribution in [2.45, 2.75) is 20.8 Å². The molecular formula is C22H23N5O5S. The summed E-state index contributed by atoms with van der Waals surface area (Å²) in [4.78, 5) is 43.9. The van der Waals surface area contributed by atoms with Crippen molar-refractivity contribution in [2.75, 3.05) is 22.6 Å². The molecule has 2 heterocycles. The predicted molar refractivity (Wildman–Crippen MR) is 125 cm³/mol. The largest absolute Gasteiger partial charge is 0.491 e. The minimum atomic E-state index is -1.11. The van der Waals surface area contributed by atoms with E-state index in [1.807, 2.05) is 32.9 Å². The lowest BCUT2D eigenvalue weighted by atomic mass is 10.2. The van der Waals surface area contributed by atoms with E-state index in [0.717, 1.165) is 23.1 Å². The van der Waals surface area contributed by atoms with Gasteiger partial charge < -0.3 is 20.5 Å². The Morgan fingerprint density at radius 2 is 1.85 bits per heavy atom. The number of carboxylic acids is 1. The number of nitrogens with one attached hydrogen (secondary N) is 3. The van der Waals surface area contributed by atoms with Gasteiger partial charge in [0.25, 0.3) is 5.91 Å². The summed E-state index contributed by atoms with van der Waals surface area (Å²) >= 11 is 0.980. The van der Waals surface area contributed by atoms with E-state index in [2.05, 4.69) is 25.9 Å². The van der Waals surface area contributed by atoms with E-state index >= 15 is 0 Å². The van der Waals surface area contributed by atoms with Crippen molar-refractivity contribution in [2.24, 2.45) is 5.92 Å². The summed E-state index contributed by atoms with van der Waals surface area (Å²) in [5.41, 5.74) is 1.53. The molecule has 4 N–H and O–H groups in total. The first-order valence-electron chi connectivity index (χ1n) is 9.99. The van der Waals surface area contributed by atoms with Crippen LogP contribution >= 0.6 is 11.3 Å². The monoisotopic (exact) mass is 469 g/mol. The van der Waals surface area contributed by atoms with Crippen LogP contribution in [0.1, 0.15) is 39.4 Å². The number of aromatic nitrogens is 2. The molecule has 10 nitrogen and oxygen atoms in total. The summed E-state index contributed by atoms with van der Waals surface area (Å²) in [5.74, 6) is -0.503. The summed E-state index contributed by atoms with van der Waals surface area (Å²) in [6.07, 6.45) is 2.47. The summed E-state index contributed by atoms with van der Waals surface area (Å²) in [6.45, 7) is 6.52. The van der Waals surface area contributed by atoms with Crippen molar-refractivity contribution >= 4 is 45.9 Å². The highest BCUT2D eigenvalue weighted by Gasteiger charge is 2.15. The molecule has 3 amide bonds. The number of nitrogens with zero attached hydrogens (tertiary/aromatic N) is 2. The number of aromatic carboxylic acids is 1. The zero-order valence-electron chi connectivity index (χ0n) is 18.2. The number of ether oxygens (including phenoxy) is 1. The summed E-state index contributed by atoms with van der Waals surface area (Å²) < 4.78 is 5.80. The molecule has 3 rings (SSSR count). The molecule has 33 heavy (non-hydrogen) atoms. The second kappa shape index (κ2) is 10.6. The Kier molecular flexibility index (Phi) is 7.57. The first-order chi connectivity index (χ1) is 15.7. The van der Waals surface area contributed by atoms with Gasteiger partial charge in [-0.05, 0) is 42.7 Å². The van der Waals surface area contributed by atoms with E-state index in [9.17, 15) is 14.4 Å². The van der Waals surface area contributed by atoms with E-state index in [0.29, 0.717) is 24.0 Å². The number of carboxylic acid groups (broad SMARTS) is 1. The molecule has 1 aromatic carbocycles. The van der Waals surface area contributed by atoms with Gasteiger partial charge in [0.1, 0.15) is 16.4 Å². The number of carbonyl (C=O) groups is 3. The molecule has 0 radical (unpaired) electrons. The van der Waals surface area contributed by atoms with Crippen LogP contribution in [0.15, 0.2) is 42.7 Å². The van der Waals surface area contributed by atoms with Crippen LogP contribution in [0.5, 0.6) is 5.75 Å². The Morgan fingerprint density at radius 1 is 1.06 bits per heavy atom. The van der Waals surface area contributed by atoms with Gasteiger partial charge >= 0.3 is 12.0 Å². The number of carbonyl (C=O) groups excluding carboxylic acids is 2. The third kappa shape index (κ3) is 6.74. The Morgan fingerprint density at radius 3 is 2.52 bits per heavy atom. The number of hydrogen-bond donors (Lipinski definition) is 4. The Bertz CT molecular complexity index is 1160. The number of amides is 3. The van der Waals surface area contributed by atoms with Crippen molar-refractivity contribution in [3.05, 3.63) is 58.7 Å². The molecule has 0 fully saturated rings. The zero-order valence-corrected chi connectivity index (χ0v) is 19.0. The summed E-state index contributed by atoms with van der Waals surface area (Å²) in [7, 11) is 0. The van der Waals surface area contributed by atoms with Crippen LogP contribution in [0, 0.1) is 12.8 Å². The Balaban J connectivity index is 1.60. The van der Waals surface area contributed by atoms with Crippen LogP contribution in [0.2, 0.25) is 0 Å². The van der Waals surface area contributed by atoms with Gasteiger partial charge in [-0.3, -0.25) is 10.1 Å². The normalized spacial score (nSPS) is 10.5. The van der Waals surface area contributed by atoms with Crippen molar-refractivity contribution in [1.82, 2.24) is 9.97 Å². The minimum absolute atomic E-state index is 0.00891. The SMILES string of the molecule is Cc1ccc(NC(=O)Nc2ncc(C(=O)Nc3ccc(C(=O)O)cn3)s2)c(OCC(C)C)c1. The van der Waals surface area contributed by atoms with Crippen molar-refractivity contribution in [1.29, 1.82) is 0 Å². The third-order valence-electron chi connectivity index (χ3n) is 4.16. The lowest BCUT2D eigenvalue weighted by Crippen LogP contribution is -2.20. The maximum Gasteiger partial charge on any atom is 0.337 e. The van der Waals surface area contributed by atoms with Gasteiger partial charge in [-0.25, -0.2) is 19.6 Å². The quantitative estimate of drug-likeness (QED) is 0.381. The number of rotatable bonds is 8. The average Bonchev–Trinajstić information content (AvgIpc) is 3.22.